The second-order valence-corrected chi connectivity index (χ2v) is 5.12. The number of aryl methyl sites for hydroxylation is 1. The van der Waals surface area contributed by atoms with Crippen LogP contribution >= 0.6 is 0 Å². The predicted molar refractivity (Wildman–Crippen MR) is 85.7 cm³/mol. The van der Waals surface area contributed by atoms with Gasteiger partial charge in [-0.15, -0.1) is 0 Å². The summed E-state index contributed by atoms with van der Waals surface area (Å²) in [6.07, 6.45) is 0. The summed E-state index contributed by atoms with van der Waals surface area (Å²) < 4.78 is 12.7. The van der Waals surface area contributed by atoms with Crippen molar-refractivity contribution in [1.29, 1.82) is 0 Å². The Morgan fingerprint density at radius 1 is 1.18 bits per heavy atom. The maximum absolute atomic E-state index is 12.1. The standard InChI is InChI=1S/C17H22N2O3/c1-12-11-16(13(2)19(12)3)17(20)18-9-10-22-15-7-5-14(21-4)6-8-15/h5-8,11H,9-10H2,1-4H3,(H,18,20). The third kappa shape index (κ3) is 3.61. The van der Waals surface area contributed by atoms with Crippen LogP contribution in [0.15, 0.2) is 30.3 Å². The van der Waals surface area contributed by atoms with Crippen LogP contribution < -0.4 is 14.8 Å². The number of rotatable bonds is 6. The van der Waals surface area contributed by atoms with Gasteiger partial charge in [0.05, 0.1) is 19.2 Å². The molecule has 22 heavy (non-hydrogen) atoms. The number of nitrogens with zero attached hydrogens (tertiary/aromatic N) is 1. The molecular formula is C17H22N2O3. The van der Waals surface area contributed by atoms with E-state index < -0.39 is 0 Å². The number of benzene rings is 1. The molecule has 1 heterocycles. The van der Waals surface area contributed by atoms with E-state index in [1.54, 1.807) is 7.11 Å². The highest BCUT2D eigenvalue weighted by Crippen LogP contribution is 2.16. The number of methoxy groups -OCH3 is 1. The first-order valence-corrected chi connectivity index (χ1v) is 7.21. The molecule has 0 aliphatic rings. The van der Waals surface area contributed by atoms with Gasteiger partial charge in [0.25, 0.3) is 5.91 Å². The van der Waals surface area contributed by atoms with E-state index in [-0.39, 0.29) is 5.91 Å². The molecule has 0 radical (unpaired) electrons. The molecule has 2 aromatic rings. The Morgan fingerprint density at radius 3 is 2.36 bits per heavy atom. The van der Waals surface area contributed by atoms with E-state index in [1.807, 2.05) is 55.8 Å². The number of hydrogen-bond donors (Lipinski definition) is 1. The molecule has 0 unspecified atom stereocenters. The van der Waals surface area contributed by atoms with Gasteiger partial charge in [-0.1, -0.05) is 0 Å². The lowest BCUT2D eigenvalue weighted by Gasteiger charge is -2.08. The van der Waals surface area contributed by atoms with Gasteiger partial charge in [0.15, 0.2) is 0 Å². The molecule has 1 aromatic carbocycles. The first-order chi connectivity index (χ1) is 10.5. The normalized spacial score (nSPS) is 10.4. The van der Waals surface area contributed by atoms with Crippen LogP contribution in [-0.2, 0) is 7.05 Å². The molecule has 1 amide bonds. The zero-order valence-electron chi connectivity index (χ0n) is 13.5. The molecule has 2 rings (SSSR count). The lowest BCUT2D eigenvalue weighted by atomic mass is 10.2. The molecule has 5 nitrogen and oxygen atoms in total. The quantitative estimate of drug-likeness (QED) is 0.834. The van der Waals surface area contributed by atoms with E-state index in [2.05, 4.69) is 5.32 Å². The summed E-state index contributed by atoms with van der Waals surface area (Å²) in [7, 11) is 3.58. The lowest BCUT2D eigenvalue weighted by Crippen LogP contribution is -2.28. The van der Waals surface area contributed by atoms with Crippen LogP contribution in [0.1, 0.15) is 21.7 Å². The van der Waals surface area contributed by atoms with Crippen LogP contribution in [0.5, 0.6) is 11.5 Å². The number of hydrogen-bond acceptors (Lipinski definition) is 3. The van der Waals surface area contributed by atoms with Crippen molar-refractivity contribution in [1.82, 2.24) is 9.88 Å². The largest absolute Gasteiger partial charge is 0.497 e. The highest BCUT2D eigenvalue weighted by Gasteiger charge is 2.13. The fourth-order valence-electron chi connectivity index (χ4n) is 2.19. The summed E-state index contributed by atoms with van der Waals surface area (Å²) in [5, 5.41) is 2.87. The first-order valence-electron chi connectivity index (χ1n) is 7.21. The van der Waals surface area contributed by atoms with Crippen LogP contribution in [0.3, 0.4) is 0 Å². The molecule has 1 N–H and O–H groups in total. The summed E-state index contributed by atoms with van der Waals surface area (Å²) in [5.41, 5.74) is 2.74. The summed E-state index contributed by atoms with van der Waals surface area (Å²) >= 11 is 0. The van der Waals surface area contributed by atoms with Gasteiger partial charge in [-0.25, -0.2) is 0 Å². The van der Waals surface area contributed by atoms with Crippen molar-refractivity contribution in [3.05, 3.63) is 47.3 Å². The van der Waals surface area contributed by atoms with E-state index in [4.69, 9.17) is 9.47 Å². The van der Waals surface area contributed by atoms with Crippen molar-refractivity contribution in [3.63, 3.8) is 0 Å². The lowest BCUT2D eigenvalue weighted by molar-refractivity contribution is 0.0946. The Labute approximate surface area is 130 Å². The SMILES string of the molecule is COc1ccc(OCCNC(=O)c2cc(C)n(C)c2C)cc1. The van der Waals surface area contributed by atoms with Gasteiger partial charge in [-0.2, -0.15) is 0 Å². The third-order valence-corrected chi connectivity index (χ3v) is 3.74. The summed E-state index contributed by atoms with van der Waals surface area (Å²) in [5.74, 6) is 1.47. The molecule has 0 atom stereocenters. The zero-order valence-corrected chi connectivity index (χ0v) is 13.5. The number of aromatic nitrogens is 1. The smallest absolute Gasteiger partial charge is 0.253 e. The van der Waals surface area contributed by atoms with Crippen molar-refractivity contribution in [2.75, 3.05) is 20.3 Å². The molecule has 1 aromatic heterocycles. The predicted octanol–water partition coefficient (Wildman–Crippen LogP) is 2.46. The second kappa shape index (κ2) is 7.02. The van der Waals surface area contributed by atoms with Gasteiger partial charge in [-0.05, 0) is 44.2 Å². The monoisotopic (exact) mass is 302 g/mol. The number of carbonyl (C=O) groups excluding carboxylic acids is 1. The van der Waals surface area contributed by atoms with E-state index >= 15 is 0 Å². The molecule has 0 fully saturated rings. The van der Waals surface area contributed by atoms with Gasteiger partial charge in [-0.3, -0.25) is 4.79 Å². The van der Waals surface area contributed by atoms with Crippen LogP contribution in [0.4, 0.5) is 0 Å². The topological polar surface area (TPSA) is 52.5 Å². The van der Waals surface area contributed by atoms with Gasteiger partial charge in [0.1, 0.15) is 18.1 Å². The highest BCUT2D eigenvalue weighted by molar-refractivity contribution is 5.95. The maximum atomic E-state index is 12.1. The maximum Gasteiger partial charge on any atom is 0.253 e. The zero-order chi connectivity index (χ0) is 16.1. The highest BCUT2D eigenvalue weighted by atomic mass is 16.5. The summed E-state index contributed by atoms with van der Waals surface area (Å²) in [6.45, 7) is 4.80. The molecule has 0 saturated carbocycles. The minimum atomic E-state index is -0.0699. The number of amides is 1. The Kier molecular flexibility index (Phi) is 5.09. The minimum Gasteiger partial charge on any atom is -0.497 e. The fraction of sp³-hybridized carbons (Fsp3) is 0.353. The summed E-state index contributed by atoms with van der Waals surface area (Å²) in [6, 6.07) is 9.25. The Balaban J connectivity index is 1.80. The Morgan fingerprint density at radius 2 is 1.82 bits per heavy atom. The Bertz CT molecular complexity index is 645. The van der Waals surface area contributed by atoms with Crippen LogP contribution in [-0.4, -0.2) is 30.7 Å². The van der Waals surface area contributed by atoms with Crippen molar-refractivity contribution < 1.29 is 14.3 Å². The molecule has 0 saturated heterocycles. The minimum absolute atomic E-state index is 0.0699. The molecule has 0 spiro atoms. The van der Waals surface area contributed by atoms with Gasteiger partial charge >= 0.3 is 0 Å². The van der Waals surface area contributed by atoms with E-state index in [1.165, 1.54) is 0 Å². The van der Waals surface area contributed by atoms with Gasteiger partial charge in [0.2, 0.25) is 0 Å². The van der Waals surface area contributed by atoms with E-state index in [9.17, 15) is 4.79 Å². The van der Waals surface area contributed by atoms with Crippen molar-refractivity contribution in [2.24, 2.45) is 7.05 Å². The van der Waals surface area contributed by atoms with Crippen LogP contribution in [0.2, 0.25) is 0 Å². The van der Waals surface area contributed by atoms with Crippen molar-refractivity contribution in [3.8, 4) is 11.5 Å². The number of ether oxygens (including phenoxy) is 2. The molecule has 0 aliphatic carbocycles. The van der Waals surface area contributed by atoms with Crippen LogP contribution in [0, 0.1) is 13.8 Å². The first kappa shape index (κ1) is 15.9. The molecule has 0 aliphatic heterocycles. The fourth-order valence-corrected chi connectivity index (χ4v) is 2.19. The van der Waals surface area contributed by atoms with Crippen molar-refractivity contribution in [2.45, 2.75) is 13.8 Å². The van der Waals surface area contributed by atoms with Crippen LogP contribution in [0.25, 0.3) is 0 Å². The number of nitrogens with one attached hydrogen (secondary N) is 1. The van der Waals surface area contributed by atoms with E-state index in [0.717, 1.165) is 22.9 Å². The molecule has 5 heteroatoms. The Hall–Kier alpha value is -2.43. The van der Waals surface area contributed by atoms with E-state index in [0.29, 0.717) is 18.7 Å². The molecule has 0 bridgehead atoms. The summed E-state index contributed by atoms with van der Waals surface area (Å²) in [4.78, 5) is 12.1. The molecule has 118 valence electrons. The second-order valence-electron chi connectivity index (χ2n) is 5.12. The van der Waals surface area contributed by atoms with Gasteiger partial charge in [0, 0.05) is 18.4 Å². The van der Waals surface area contributed by atoms with Crippen molar-refractivity contribution >= 4 is 5.91 Å². The number of carbonyl (C=O) groups is 1. The average molecular weight is 302 g/mol. The third-order valence-electron chi connectivity index (χ3n) is 3.74. The van der Waals surface area contributed by atoms with Gasteiger partial charge < -0.3 is 19.4 Å². The molecular weight excluding hydrogens is 280 g/mol. The average Bonchev–Trinajstić information content (AvgIpc) is 2.79.